The second-order valence-corrected chi connectivity index (χ2v) is 16.6. The zero-order valence-electron chi connectivity index (χ0n) is 32.9. The van der Waals surface area contributed by atoms with Gasteiger partial charge in [-0.3, -0.25) is 24.5 Å². The van der Waals surface area contributed by atoms with Gasteiger partial charge < -0.3 is 15.1 Å². The fourth-order valence-electron chi connectivity index (χ4n) is 9.13. The maximum absolute atomic E-state index is 16.0. The van der Waals surface area contributed by atoms with E-state index in [0.717, 1.165) is 68.2 Å². The lowest BCUT2D eigenvalue weighted by Gasteiger charge is -2.46. The lowest BCUT2D eigenvalue weighted by atomic mass is 9.74. The number of nitro benzene ring substituents is 1. The Balaban J connectivity index is 0.847. The molecule has 4 aromatic heterocycles. The van der Waals surface area contributed by atoms with Crippen LogP contribution in [0.1, 0.15) is 69.9 Å². The summed E-state index contributed by atoms with van der Waals surface area (Å²) in [5, 5.41) is 33.3. The van der Waals surface area contributed by atoms with E-state index in [1.165, 1.54) is 24.8 Å². The van der Waals surface area contributed by atoms with Gasteiger partial charge in [-0.1, -0.05) is 6.92 Å². The zero-order chi connectivity index (χ0) is 40.9. The number of halogens is 2. The van der Waals surface area contributed by atoms with Gasteiger partial charge in [0.15, 0.2) is 5.82 Å². The van der Waals surface area contributed by atoms with Crippen molar-refractivity contribution in [2.75, 3.05) is 55.6 Å². The quantitative estimate of drug-likeness (QED) is 0.121. The summed E-state index contributed by atoms with van der Waals surface area (Å²) >= 11 is 0. The normalized spacial score (nSPS) is 22.1. The number of hydrogen-bond acceptors (Lipinski definition) is 11. The summed E-state index contributed by atoms with van der Waals surface area (Å²) in [6.45, 7) is 5.91. The molecule has 6 heterocycles. The van der Waals surface area contributed by atoms with Crippen molar-refractivity contribution in [3.63, 3.8) is 0 Å². The van der Waals surface area contributed by atoms with Gasteiger partial charge in [0.2, 0.25) is 5.91 Å². The Hall–Kier alpha value is -6.02. The minimum Gasteiger partial charge on any atom is -0.367 e. The lowest BCUT2D eigenvalue weighted by molar-refractivity contribution is -0.385. The molecule has 0 bridgehead atoms. The van der Waals surface area contributed by atoms with Crippen LogP contribution in [0.3, 0.4) is 0 Å². The molecule has 4 aliphatic rings. The summed E-state index contributed by atoms with van der Waals surface area (Å²) < 4.78 is 34.1. The van der Waals surface area contributed by atoms with E-state index in [-0.39, 0.29) is 29.6 Å². The van der Waals surface area contributed by atoms with Crippen LogP contribution in [0.2, 0.25) is 0 Å². The number of piperidine rings is 1. The Kier molecular flexibility index (Phi) is 9.98. The van der Waals surface area contributed by atoms with Gasteiger partial charge in [0.05, 0.1) is 58.1 Å². The van der Waals surface area contributed by atoms with Crippen LogP contribution >= 0.6 is 0 Å². The minimum absolute atomic E-state index is 0.131. The second-order valence-electron chi connectivity index (χ2n) is 16.6. The van der Waals surface area contributed by atoms with Crippen molar-refractivity contribution in [1.82, 2.24) is 39.6 Å². The monoisotopic (exact) mass is 804 g/mol. The van der Waals surface area contributed by atoms with Crippen molar-refractivity contribution in [2.45, 2.75) is 76.0 Å². The summed E-state index contributed by atoms with van der Waals surface area (Å²) in [5.41, 5.74) is 1.86. The van der Waals surface area contributed by atoms with Crippen LogP contribution in [0.25, 0.3) is 28.0 Å². The smallest absolute Gasteiger partial charge is 0.272 e. The van der Waals surface area contributed by atoms with Crippen molar-refractivity contribution in [2.24, 2.45) is 5.41 Å². The fourth-order valence-corrected chi connectivity index (χ4v) is 9.13. The van der Waals surface area contributed by atoms with Crippen LogP contribution in [0, 0.1) is 32.7 Å². The number of nitrogens with one attached hydrogen (secondary N) is 1. The first kappa shape index (κ1) is 38.5. The van der Waals surface area contributed by atoms with E-state index >= 15 is 4.39 Å². The molecule has 1 aromatic carbocycles. The standard InChI is InChI=1S/C42H46F2N12O3/c1-2-41(40(57)49-31-4-3-5-31)10-12-53(13-11-41)37-9-6-28(22-46-37)38-39-29(21-45)23-48-55(39)26-35(50-38)30-24-47-54(25-30)33-19-42(44,20-33)27-51-14-16-52(17-15-51)36-8-7-32(56(58)59)18-34(36)43/h6-9,18,22-26,31,33H,2-5,10-17,19-20,27H2,1H3,(H,49,57). The maximum atomic E-state index is 16.0. The molecule has 2 aliphatic carbocycles. The number of rotatable bonds is 11. The van der Waals surface area contributed by atoms with Crippen molar-refractivity contribution in [3.8, 4) is 28.6 Å². The molecule has 9 rings (SSSR count). The first-order valence-corrected chi connectivity index (χ1v) is 20.5. The van der Waals surface area contributed by atoms with E-state index in [2.05, 4.69) is 33.4 Å². The summed E-state index contributed by atoms with van der Waals surface area (Å²) in [6.07, 6.45) is 14.9. The molecule has 1 N–H and O–H groups in total. The number of nitrogens with zero attached hydrogens (tertiary/aromatic N) is 11. The number of piperazine rings is 1. The Morgan fingerprint density at radius 1 is 1.00 bits per heavy atom. The second kappa shape index (κ2) is 15.3. The van der Waals surface area contributed by atoms with E-state index in [0.29, 0.717) is 73.2 Å². The van der Waals surface area contributed by atoms with Gasteiger partial charge in [0, 0.05) is 94.3 Å². The van der Waals surface area contributed by atoms with Crippen LogP contribution in [0.15, 0.2) is 61.3 Å². The van der Waals surface area contributed by atoms with Gasteiger partial charge in [-0.25, -0.2) is 23.3 Å². The summed E-state index contributed by atoms with van der Waals surface area (Å²) in [6, 6.07) is 10.0. The van der Waals surface area contributed by atoms with Crippen LogP contribution in [-0.2, 0) is 4.79 Å². The first-order valence-electron chi connectivity index (χ1n) is 20.5. The maximum Gasteiger partial charge on any atom is 0.272 e. The van der Waals surface area contributed by atoms with Gasteiger partial charge in [-0.2, -0.15) is 15.5 Å². The molecule has 0 radical (unpaired) electrons. The SMILES string of the molecule is CCC1(C(=O)NC2CCC2)CCN(c2ccc(-c3nc(-c4cnn(C5CC(F)(CN6CCN(c7ccc([N+](=O)[O-])cc7F)CC6)C5)c4)cn4ncc(C#N)c34)cn2)CC1. The van der Waals surface area contributed by atoms with Gasteiger partial charge >= 0.3 is 0 Å². The predicted octanol–water partition coefficient (Wildman–Crippen LogP) is 6.10. The van der Waals surface area contributed by atoms with Crippen LogP contribution < -0.4 is 15.1 Å². The summed E-state index contributed by atoms with van der Waals surface area (Å²) in [5.74, 6) is 0.379. The molecule has 15 nitrogen and oxygen atoms in total. The molecule has 17 heteroatoms. The van der Waals surface area contributed by atoms with Crippen LogP contribution in [0.5, 0.6) is 0 Å². The number of aromatic nitrogens is 6. The first-order chi connectivity index (χ1) is 28.5. The zero-order valence-corrected chi connectivity index (χ0v) is 32.9. The highest BCUT2D eigenvalue weighted by molar-refractivity contribution is 5.84. The number of non-ortho nitro benzene ring substituents is 1. The number of hydrogen-bond donors (Lipinski definition) is 1. The number of anilines is 2. The Morgan fingerprint density at radius 2 is 1.78 bits per heavy atom. The minimum atomic E-state index is -1.39. The van der Waals surface area contributed by atoms with Crippen molar-refractivity contribution < 1.29 is 18.5 Å². The average Bonchev–Trinajstić information content (AvgIpc) is 3.89. The number of benzene rings is 1. The molecule has 2 saturated carbocycles. The fraction of sp³-hybridized carbons (Fsp3) is 0.476. The third kappa shape index (κ3) is 7.34. The number of pyridine rings is 1. The Morgan fingerprint density at radius 3 is 2.42 bits per heavy atom. The van der Waals surface area contributed by atoms with Crippen molar-refractivity contribution in [3.05, 3.63) is 82.8 Å². The van der Waals surface area contributed by atoms with E-state index in [1.807, 2.05) is 28.1 Å². The average molecular weight is 805 g/mol. The third-order valence-corrected chi connectivity index (χ3v) is 13.1. The molecule has 0 spiro atoms. The Labute approximate surface area is 339 Å². The number of fused-ring (bicyclic) bond motifs is 1. The molecule has 2 aliphatic heterocycles. The highest BCUT2D eigenvalue weighted by Crippen LogP contribution is 2.45. The van der Waals surface area contributed by atoms with Crippen LogP contribution in [-0.4, -0.2) is 103 Å². The molecule has 0 unspecified atom stereocenters. The molecule has 1 amide bonds. The molecular formula is C42H46F2N12O3. The number of alkyl halides is 1. The van der Waals surface area contributed by atoms with Crippen molar-refractivity contribution in [1.29, 1.82) is 5.26 Å². The molecule has 4 fully saturated rings. The topological polar surface area (TPSA) is 167 Å². The van der Waals surface area contributed by atoms with Gasteiger partial charge in [0.25, 0.3) is 5.69 Å². The highest BCUT2D eigenvalue weighted by Gasteiger charge is 2.47. The molecule has 306 valence electrons. The number of nitriles is 1. The third-order valence-electron chi connectivity index (χ3n) is 13.1. The molecule has 59 heavy (non-hydrogen) atoms. The predicted molar refractivity (Wildman–Crippen MR) is 216 cm³/mol. The van der Waals surface area contributed by atoms with Crippen LogP contribution in [0.4, 0.5) is 26.0 Å². The number of amides is 1. The van der Waals surface area contributed by atoms with Gasteiger partial charge in [-0.15, -0.1) is 0 Å². The molecule has 0 atom stereocenters. The van der Waals surface area contributed by atoms with E-state index in [9.17, 15) is 24.6 Å². The van der Waals surface area contributed by atoms with Crippen molar-refractivity contribution >= 4 is 28.6 Å². The van der Waals surface area contributed by atoms with Gasteiger partial charge in [0.1, 0.15) is 28.6 Å². The lowest BCUT2D eigenvalue weighted by Crippen LogP contribution is -2.54. The number of carbonyl (C=O) groups is 1. The van der Waals surface area contributed by atoms with Gasteiger partial charge in [-0.05, 0) is 56.7 Å². The largest absolute Gasteiger partial charge is 0.367 e. The molecule has 5 aromatic rings. The molecular weight excluding hydrogens is 759 g/mol. The number of carbonyl (C=O) groups excluding carboxylic acids is 1. The van der Waals surface area contributed by atoms with E-state index < -0.39 is 16.4 Å². The Bertz CT molecular complexity index is 2420. The summed E-state index contributed by atoms with van der Waals surface area (Å²) in [4.78, 5) is 39.6. The van der Waals surface area contributed by atoms with E-state index in [4.69, 9.17) is 9.97 Å². The number of nitro groups is 1. The van der Waals surface area contributed by atoms with E-state index in [1.54, 1.807) is 27.8 Å². The summed E-state index contributed by atoms with van der Waals surface area (Å²) in [7, 11) is 0. The highest BCUT2D eigenvalue weighted by atomic mass is 19.1. The molecule has 2 saturated heterocycles.